The van der Waals surface area contributed by atoms with Gasteiger partial charge in [0.2, 0.25) is 5.91 Å². The van der Waals surface area contributed by atoms with Gasteiger partial charge in [0.25, 0.3) is 5.91 Å². The van der Waals surface area contributed by atoms with Gasteiger partial charge in [-0.05, 0) is 12.5 Å². The van der Waals surface area contributed by atoms with E-state index in [1.165, 1.54) is 0 Å². The Bertz CT molecular complexity index is 556. The predicted octanol–water partition coefficient (Wildman–Crippen LogP) is -0.261. The van der Waals surface area contributed by atoms with E-state index < -0.39 is 0 Å². The number of fused-ring (bicyclic) bond motifs is 1. The molecule has 0 bridgehead atoms. The monoisotopic (exact) mass is 292 g/mol. The highest BCUT2D eigenvalue weighted by Crippen LogP contribution is 2.24. The van der Waals surface area contributed by atoms with Crippen LogP contribution in [0.1, 0.15) is 16.9 Å². The van der Waals surface area contributed by atoms with Crippen LogP contribution in [0.25, 0.3) is 0 Å². The molecular formula is C14H20N4O3. The van der Waals surface area contributed by atoms with E-state index in [1.807, 2.05) is 4.90 Å². The van der Waals surface area contributed by atoms with Crippen molar-refractivity contribution in [3.63, 3.8) is 0 Å². The van der Waals surface area contributed by atoms with Gasteiger partial charge in [-0.2, -0.15) is 5.10 Å². The highest BCUT2D eigenvalue weighted by Gasteiger charge is 2.36. The molecule has 2 amide bonds. The van der Waals surface area contributed by atoms with Crippen LogP contribution in [0.2, 0.25) is 0 Å². The molecule has 0 unspecified atom stereocenters. The number of ether oxygens (including phenoxy) is 1. The number of piperidine rings is 1. The lowest BCUT2D eigenvalue weighted by Crippen LogP contribution is -2.49. The van der Waals surface area contributed by atoms with Crippen molar-refractivity contribution in [1.82, 2.24) is 19.6 Å². The molecule has 0 spiro atoms. The first-order chi connectivity index (χ1) is 10.1. The molecule has 2 fully saturated rings. The largest absolute Gasteiger partial charge is 0.368 e. The zero-order valence-corrected chi connectivity index (χ0v) is 12.4. The van der Waals surface area contributed by atoms with E-state index in [2.05, 4.69) is 5.10 Å². The van der Waals surface area contributed by atoms with Crippen LogP contribution in [-0.2, 0) is 16.6 Å². The maximum atomic E-state index is 12.5. The molecular weight excluding hydrogens is 272 g/mol. The van der Waals surface area contributed by atoms with E-state index in [-0.39, 0.29) is 30.4 Å². The number of rotatable bonds is 1. The molecule has 0 radical (unpaired) electrons. The summed E-state index contributed by atoms with van der Waals surface area (Å²) in [4.78, 5) is 27.8. The smallest absolute Gasteiger partial charge is 0.272 e. The number of hydrogen-bond donors (Lipinski definition) is 0. The maximum Gasteiger partial charge on any atom is 0.272 e. The molecule has 1 aromatic rings. The summed E-state index contributed by atoms with van der Waals surface area (Å²) in [5.41, 5.74) is 0.590. The first-order valence-corrected chi connectivity index (χ1v) is 7.19. The maximum absolute atomic E-state index is 12.5. The molecule has 3 rings (SSSR count). The van der Waals surface area contributed by atoms with Gasteiger partial charge in [0.1, 0.15) is 12.3 Å². The number of amides is 2. The molecule has 2 aliphatic rings. The van der Waals surface area contributed by atoms with E-state index in [0.717, 1.165) is 6.42 Å². The molecule has 114 valence electrons. The minimum absolute atomic E-state index is 0.00771. The molecule has 2 atom stereocenters. The Morgan fingerprint density at radius 2 is 2.19 bits per heavy atom. The number of aryl methyl sites for hydroxylation is 1. The van der Waals surface area contributed by atoms with Crippen molar-refractivity contribution in [1.29, 1.82) is 0 Å². The third kappa shape index (κ3) is 2.65. The molecule has 21 heavy (non-hydrogen) atoms. The fourth-order valence-electron chi connectivity index (χ4n) is 3.08. The zero-order valence-electron chi connectivity index (χ0n) is 12.4. The topological polar surface area (TPSA) is 67.7 Å². The van der Waals surface area contributed by atoms with Crippen LogP contribution in [0.4, 0.5) is 0 Å². The minimum atomic E-state index is -0.00771. The predicted molar refractivity (Wildman–Crippen MR) is 74.6 cm³/mol. The van der Waals surface area contributed by atoms with Crippen LogP contribution < -0.4 is 0 Å². The summed E-state index contributed by atoms with van der Waals surface area (Å²) in [6, 6.07) is 1.73. The van der Waals surface area contributed by atoms with Crippen molar-refractivity contribution in [2.45, 2.75) is 12.5 Å². The van der Waals surface area contributed by atoms with Gasteiger partial charge in [-0.1, -0.05) is 0 Å². The van der Waals surface area contributed by atoms with E-state index in [1.54, 1.807) is 35.9 Å². The van der Waals surface area contributed by atoms with Crippen molar-refractivity contribution in [3.8, 4) is 0 Å². The third-order valence-corrected chi connectivity index (χ3v) is 4.35. The van der Waals surface area contributed by atoms with Crippen molar-refractivity contribution in [2.24, 2.45) is 13.0 Å². The quantitative estimate of drug-likeness (QED) is 0.715. The van der Waals surface area contributed by atoms with Gasteiger partial charge in [-0.25, -0.2) is 0 Å². The van der Waals surface area contributed by atoms with Crippen LogP contribution in [0.3, 0.4) is 0 Å². The SMILES string of the molecule is CN1C[C@H]2CN(C(=O)c3ccnn3C)CC[C@@H]2OCC1=O. The average Bonchev–Trinajstić information content (AvgIpc) is 2.84. The second kappa shape index (κ2) is 5.48. The van der Waals surface area contributed by atoms with Crippen LogP contribution in [0.15, 0.2) is 12.3 Å². The summed E-state index contributed by atoms with van der Waals surface area (Å²) in [5.74, 6) is 0.174. The van der Waals surface area contributed by atoms with E-state index >= 15 is 0 Å². The Balaban J connectivity index is 1.72. The molecule has 0 saturated carbocycles. The fraction of sp³-hybridized carbons (Fsp3) is 0.643. The lowest BCUT2D eigenvalue weighted by molar-refractivity contribution is -0.133. The number of carbonyl (C=O) groups is 2. The van der Waals surface area contributed by atoms with E-state index in [0.29, 0.717) is 25.3 Å². The highest BCUT2D eigenvalue weighted by atomic mass is 16.5. The number of carbonyl (C=O) groups excluding carboxylic acids is 2. The van der Waals surface area contributed by atoms with Crippen LogP contribution in [-0.4, -0.2) is 70.8 Å². The summed E-state index contributed by atoms with van der Waals surface area (Å²) in [6.45, 7) is 2.06. The Morgan fingerprint density at radius 1 is 1.38 bits per heavy atom. The molecule has 0 aromatic carbocycles. The van der Waals surface area contributed by atoms with Crippen LogP contribution >= 0.6 is 0 Å². The fourth-order valence-corrected chi connectivity index (χ4v) is 3.08. The minimum Gasteiger partial charge on any atom is -0.368 e. The number of hydrogen-bond acceptors (Lipinski definition) is 4. The highest BCUT2D eigenvalue weighted by molar-refractivity contribution is 5.92. The number of likely N-dealkylation sites (tertiary alicyclic amines) is 1. The molecule has 2 aliphatic heterocycles. The molecule has 3 heterocycles. The van der Waals surface area contributed by atoms with Gasteiger partial charge in [0.15, 0.2) is 0 Å². The van der Waals surface area contributed by atoms with Gasteiger partial charge in [-0.3, -0.25) is 14.3 Å². The molecule has 1 aromatic heterocycles. The van der Waals surface area contributed by atoms with E-state index in [4.69, 9.17) is 4.74 Å². The second-order valence-corrected chi connectivity index (χ2v) is 5.76. The van der Waals surface area contributed by atoms with Gasteiger partial charge in [0.05, 0.1) is 6.10 Å². The van der Waals surface area contributed by atoms with Gasteiger partial charge < -0.3 is 14.5 Å². The summed E-state index contributed by atoms with van der Waals surface area (Å²) in [7, 11) is 3.55. The molecule has 0 aliphatic carbocycles. The van der Waals surface area contributed by atoms with Gasteiger partial charge in [-0.15, -0.1) is 0 Å². The van der Waals surface area contributed by atoms with Crippen molar-refractivity contribution in [2.75, 3.05) is 33.3 Å². The lowest BCUT2D eigenvalue weighted by Gasteiger charge is -2.37. The summed E-state index contributed by atoms with van der Waals surface area (Å²) >= 11 is 0. The molecule has 7 nitrogen and oxygen atoms in total. The van der Waals surface area contributed by atoms with Gasteiger partial charge >= 0.3 is 0 Å². The van der Waals surface area contributed by atoms with Crippen LogP contribution in [0, 0.1) is 5.92 Å². The zero-order chi connectivity index (χ0) is 15.0. The normalized spacial score (nSPS) is 26.5. The lowest BCUT2D eigenvalue weighted by atomic mass is 9.94. The molecule has 0 N–H and O–H groups in total. The Kier molecular flexibility index (Phi) is 3.67. The Labute approximate surface area is 123 Å². The van der Waals surface area contributed by atoms with Crippen molar-refractivity contribution < 1.29 is 14.3 Å². The Morgan fingerprint density at radius 3 is 2.90 bits per heavy atom. The average molecular weight is 292 g/mol. The molecule has 2 saturated heterocycles. The third-order valence-electron chi connectivity index (χ3n) is 4.35. The summed E-state index contributed by atoms with van der Waals surface area (Å²) in [5, 5.41) is 4.04. The molecule has 7 heteroatoms. The van der Waals surface area contributed by atoms with Crippen LogP contribution in [0.5, 0.6) is 0 Å². The van der Waals surface area contributed by atoms with Crippen molar-refractivity contribution in [3.05, 3.63) is 18.0 Å². The number of nitrogens with zero attached hydrogens (tertiary/aromatic N) is 4. The summed E-state index contributed by atoms with van der Waals surface area (Å²) in [6.07, 6.45) is 2.46. The van der Waals surface area contributed by atoms with E-state index in [9.17, 15) is 9.59 Å². The standard InChI is InChI=1S/C14H20N4O3/c1-16-7-10-8-18(6-4-12(10)21-9-13(16)19)14(20)11-3-5-15-17(11)2/h3,5,10,12H,4,6-9H2,1-2H3/t10-,12-/m0/s1. The van der Waals surface area contributed by atoms with Gasteiger partial charge in [0, 0.05) is 45.8 Å². The van der Waals surface area contributed by atoms with Crippen molar-refractivity contribution >= 4 is 11.8 Å². The Hall–Kier alpha value is -1.89. The number of aromatic nitrogens is 2. The first kappa shape index (κ1) is 14.1. The first-order valence-electron chi connectivity index (χ1n) is 7.19. The summed E-state index contributed by atoms with van der Waals surface area (Å²) < 4.78 is 7.28. The second-order valence-electron chi connectivity index (χ2n) is 5.76. The number of likely N-dealkylation sites (N-methyl/N-ethyl adjacent to an activating group) is 1.